The highest BCUT2D eigenvalue weighted by atomic mass is 32.1. The zero-order chi connectivity index (χ0) is 15.4. The molecule has 6 heteroatoms. The zero-order valence-corrected chi connectivity index (χ0v) is 12.3. The molecule has 1 heterocycles. The van der Waals surface area contributed by atoms with Gasteiger partial charge in [-0.2, -0.15) is 0 Å². The summed E-state index contributed by atoms with van der Waals surface area (Å²) in [6.45, 7) is 2.87. The van der Waals surface area contributed by atoms with Crippen LogP contribution in [0.5, 0.6) is 5.75 Å². The van der Waals surface area contributed by atoms with Crippen molar-refractivity contribution in [3.8, 4) is 5.75 Å². The number of thiophene rings is 1. The van der Waals surface area contributed by atoms with E-state index in [0.29, 0.717) is 21.2 Å². The van der Waals surface area contributed by atoms with Crippen molar-refractivity contribution < 1.29 is 19.1 Å². The standard InChI is InChI=1S/C15H13NO4S/c1-9(17)11-3-5-12(6-4-11)20-15(19)13-7-8-14(21-13)16-10(2)18/h3-8H,1-2H3,(H,16,18). The van der Waals surface area contributed by atoms with Gasteiger partial charge in [-0.05, 0) is 43.3 Å². The number of ether oxygens (including phenoxy) is 1. The molecule has 1 N–H and O–H groups in total. The van der Waals surface area contributed by atoms with Gasteiger partial charge in [0.2, 0.25) is 5.91 Å². The minimum Gasteiger partial charge on any atom is -0.422 e. The van der Waals surface area contributed by atoms with E-state index in [1.54, 1.807) is 36.4 Å². The summed E-state index contributed by atoms with van der Waals surface area (Å²) in [6, 6.07) is 9.56. The Labute approximate surface area is 125 Å². The minimum atomic E-state index is -0.507. The quantitative estimate of drug-likeness (QED) is 0.535. The van der Waals surface area contributed by atoms with Gasteiger partial charge in [-0.3, -0.25) is 9.59 Å². The molecular weight excluding hydrogens is 290 g/mol. The Balaban J connectivity index is 2.05. The first-order valence-corrected chi connectivity index (χ1v) is 6.98. The molecule has 0 atom stereocenters. The highest BCUT2D eigenvalue weighted by molar-refractivity contribution is 7.18. The Morgan fingerprint density at radius 2 is 1.67 bits per heavy atom. The number of amides is 1. The molecule has 1 amide bonds. The van der Waals surface area contributed by atoms with Crippen molar-refractivity contribution in [2.75, 3.05) is 5.32 Å². The Morgan fingerprint density at radius 1 is 1.00 bits per heavy atom. The Bertz CT molecular complexity index is 688. The molecule has 108 valence electrons. The van der Waals surface area contributed by atoms with Crippen molar-refractivity contribution in [1.82, 2.24) is 0 Å². The molecule has 5 nitrogen and oxygen atoms in total. The number of hydrogen-bond donors (Lipinski definition) is 1. The first-order chi connectivity index (χ1) is 9.95. The number of carbonyl (C=O) groups is 3. The molecule has 0 unspecified atom stereocenters. The molecule has 0 bridgehead atoms. The van der Waals surface area contributed by atoms with E-state index in [4.69, 9.17) is 4.74 Å². The van der Waals surface area contributed by atoms with Crippen LogP contribution in [0.25, 0.3) is 0 Å². The molecular formula is C15H13NO4S. The average molecular weight is 303 g/mol. The second-order valence-corrected chi connectivity index (χ2v) is 5.40. The van der Waals surface area contributed by atoms with Gasteiger partial charge in [0.15, 0.2) is 5.78 Å². The second kappa shape index (κ2) is 6.32. The van der Waals surface area contributed by atoms with E-state index < -0.39 is 5.97 Å². The first kappa shape index (κ1) is 14.9. The largest absolute Gasteiger partial charge is 0.422 e. The van der Waals surface area contributed by atoms with Crippen molar-refractivity contribution in [1.29, 1.82) is 0 Å². The fraction of sp³-hybridized carbons (Fsp3) is 0.133. The van der Waals surface area contributed by atoms with Gasteiger partial charge in [0, 0.05) is 12.5 Å². The van der Waals surface area contributed by atoms with Gasteiger partial charge in [0.1, 0.15) is 10.6 Å². The number of hydrogen-bond acceptors (Lipinski definition) is 5. The number of ketones is 1. The summed E-state index contributed by atoms with van der Waals surface area (Å²) in [7, 11) is 0. The molecule has 0 saturated heterocycles. The molecule has 0 fully saturated rings. The maximum absolute atomic E-state index is 11.9. The summed E-state index contributed by atoms with van der Waals surface area (Å²) in [4.78, 5) is 34.4. The van der Waals surface area contributed by atoms with E-state index in [-0.39, 0.29) is 11.7 Å². The van der Waals surface area contributed by atoms with Gasteiger partial charge < -0.3 is 10.1 Å². The maximum atomic E-state index is 11.9. The van der Waals surface area contributed by atoms with Crippen LogP contribution < -0.4 is 10.1 Å². The van der Waals surface area contributed by atoms with E-state index in [1.807, 2.05) is 0 Å². The van der Waals surface area contributed by atoms with Crippen molar-refractivity contribution in [2.45, 2.75) is 13.8 Å². The van der Waals surface area contributed by atoms with Crippen LogP contribution in [0.3, 0.4) is 0 Å². The Kier molecular flexibility index (Phi) is 4.49. The van der Waals surface area contributed by atoms with Crippen LogP contribution in [0.15, 0.2) is 36.4 Å². The summed E-state index contributed by atoms with van der Waals surface area (Å²) < 4.78 is 5.20. The minimum absolute atomic E-state index is 0.0499. The molecule has 21 heavy (non-hydrogen) atoms. The monoisotopic (exact) mass is 303 g/mol. The van der Waals surface area contributed by atoms with Crippen LogP contribution in [-0.2, 0) is 4.79 Å². The fourth-order valence-electron chi connectivity index (χ4n) is 1.60. The topological polar surface area (TPSA) is 72.5 Å². The predicted octanol–water partition coefficient (Wildman–Crippen LogP) is 3.13. The van der Waals surface area contributed by atoms with Crippen molar-refractivity contribution in [3.05, 3.63) is 46.8 Å². The average Bonchev–Trinajstić information content (AvgIpc) is 2.87. The lowest BCUT2D eigenvalue weighted by Crippen LogP contribution is -2.06. The van der Waals surface area contributed by atoms with Crippen LogP contribution in [-0.4, -0.2) is 17.7 Å². The molecule has 0 aliphatic carbocycles. The van der Waals surface area contributed by atoms with Crippen molar-refractivity contribution in [3.63, 3.8) is 0 Å². The van der Waals surface area contributed by atoms with Crippen LogP contribution in [0, 0.1) is 0 Å². The maximum Gasteiger partial charge on any atom is 0.353 e. The molecule has 2 rings (SSSR count). The highest BCUT2D eigenvalue weighted by Gasteiger charge is 2.12. The van der Waals surface area contributed by atoms with E-state index in [0.717, 1.165) is 11.3 Å². The second-order valence-electron chi connectivity index (χ2n) is 4.32. The zero-order valence-electron chi connectivity index (χ0n) is 11.5. The number of rotatable bonds is 4. The smallest absolute Gasteiger partial charge is 0.353 e. The van der Waals surface area contributed by atoms with Gasteiger partial charge in [-0.15, -0.1) is 11.3 Å². The fourth-order valence-corrected chi connectivity index (χ4v) is 2.43. The third-order valence-electron chi connectivity index (χ3n) is 2.58. The van der Waals surface area contributed by atoms with Crippen LogP contribution in [0.2, 0.25) is 0 Å². The highest BCUT2D eigenvalue weighted by Crippen LogP contribution is 2.23. The summed E-state index contributed by atoms with van der Waals surface area (Å²) >= 11 is 1.14. The molecule has 0 spiro atoms. The number of Topliss-reactive ketones (excluding diaryl/α,β-unsaturated/α-hetero) is 1. The van der Waals surface area contributed by atoms with Crippen molar-refractivity contribution >= 4 is 34.0 Å². The number of carbonyl (C=O) groups excluding carboxylic acids is 3. The number of esters is 1. The lowest BCUT2D eigenvalue weighted by Gasteiger charge is -2.03. The Hall–Kier alpha value is -2.47. The normalized spacial score (nSPS) is 10.0. The molecule has 1 aromatic carbocycles. The van der Waals surface area contributed by atoms with Crippen LogP contribution >= 0.6 is 11.3 Å². The van der Waals surface area contributed by atoms with E-state index in [1.165, 1.54) is 13.8 Å². The van der Waals surface area contributed by atoms with E-state index in [2.05, 4.69) is 5.32 Å². The molecule has 2 aromatic rings. The molecule has 0 radical (unpaired) electrons. The first-order valence-electron chi connectivity index (χ1n) is 6.16. The van der Waals surface area contributed by atoms with Gasteiger partial charge in [-0.25, -0.2) is 4.79 Å². The molecule has 0 saturated carbocycles. The molecule has 0 aliphatic rings. The van der Waals surface area contributed by atoms with Crippen LogP contribution in [0.4, 0.5) is 5.00 Å². The SMILES string of the molecule is CC(=O)Nc1ccc(C(=O)Oc2ccc(C(C)=O)cc2)s1. The number of anilines is 1. The van der Waals surface area contributed by atoms with Gasteiger partial charge in [0.05, 0.1) is 5.00 Å². The van der Waals surface area contributed by atoms with Gasteiger partial charge in [-0.1, -0.05) is 0 Å². The van der Waals surface area contributed by atoms with Crippen LogP contribution in [0.1, 0.15) is 33.9 Å². The van der Waals surface area contributed by atoms with Gasteiger partial charge in [0.25, 0.3) is 0 Å². The third kappa shape index (κ3) is 4.00. The van der Waals surface area contributed by atoms with Gasteiger partial charge >= 0.3 is 5.97 Å². The lowest BCUT2D eigenvalue weighted by molar-refractivity contribution is -0.114. The summed E-state index contributed by atoms with van der Waals surface area (Å²) in [6.07, 6.45) is 0. The number of nitrogens with one attached hydrogen (secondary N) is 1. The molecule has 0 aliphatic heterocycles. The summed E-state index contributed by atoms with van der Waals surface area (Å²) in [5, 5.41) is 3.18. The summed E-state index contributed by atoms with van der Waals surface area (Å²) in [5.41, 5.74) is 0.555. The lowest BCUT2D eigenvalue weighted by atomic mass is 10.1. The predicted molar refractivity (Wildman–Crippen MR) is 80.0 cm³/mol. The molecule has 1 aromatic heterocycles. The van der Waals surface area contributed by atoms with E-state index >= 15 is 0 Å². The Morgan fingerprint density at radius 3 is 2.24 bits per heavy atom. The van der Waals surface area contributed by atoms with E-state index in [9.17, 15) is 14.4 Å². The third-order valence-corrected chi connectivity index (χ3v) is 3.56. The number of benzene rings is 1. The summed E-state index contributed by atoms with van der Waals surface area (Å²) in [5.74, 6) is -0.394. The van der Waals surface area contributed by atoms with Crippen molar-refractivity contribution in [2.24, 2.45) is 0 Å².